The van der Waals surface area contributed by atoms with Gasteiger partial charge in [-0.05, 0) is 29.8 Å². The number of benzene rings is 3. The molecule has 1 spiro atoms. The highest BCUT2D eigenvalue weighted by atomic mass is 79.9. The average molecular weight is 446 g/mol. The highest BCUT2D eigenvalue weighted by molar-refractivity contribution is 9.10. The van der Waals surface area contributed by atoms with Gasteiger partial charge in [0.15, 0.2) is 0 Å². The molecule has 0 saturated carbocycles. The molecule has 29 heavy (non-hydrogen) atoms. The molecule has 0 bridgehead atoms. The summed E-state index contributed by atoms with van der Waals surface area (Å²) >= 11 is 3.54. The van der Waals surface area contributed by atoms with Gasteiger partial charge < -0.3 is 10.1 Å². The first-order valence-corrected chi connectivity index (χ1v) is 10.3. The third kappa shape index (κ3) is 2.26. The van der Waals surface area contributed by atoms with E-state index in [9.17, 15) is 4.79 Å². The van der Waals surface area contributed by atoms with Gasteiger partial charge in [0.1, 0.15) is 5.75 Å². The lowest BCUT2D eigenvalue weighted by Crippen LogP contribution is -2.55. The Morgan fingerprint density at radius 1 is 1.07 bits per heavy atom. The number of rotatable bonds is 1. The van der Waals surface area contributed by atoms with Gasteiger partial charge in [0.25, 0.3) is 5.91 Å². The molecule has 2 unspecified atom stereocenters. The van der Waals surface area contributed by atoms with E-state index in [1.165, 1.54) is 0 Å². The zero-order valence-electron chi connectivity index (χ0n) is 15.3. The van der Waals surface area contributed by atoms with Gasteiger partial charge in [-0.25, -0.2) is 5.01 Å². The second-order valence-electron chi connectivity index (χ2n) is 7.41. The maximum absolute atomic E-state index is 13.4. The fourth-order valence-electron chi connectivity index (χ4n) is 4.47. The van der Waals surface area contributed by atoms with Crippen molar-refractivity contribution >= 4 is 33.2 Å². The molecule has 0 aromatic heterocycles. The number of para-hydroxylation sites is 1. The van der Waals surface area contributed by atoms with Crippen LogP contribution in [0.5, 0.6) is 5.75 Å². The van der Waals surface area contributed by atoms with Gasteiger partial charge in [0.05, 0.1) is 23.0 Å². The van der Waals surface area contributed by atoms with Crippen LogP contribution in [-0.4, -0.2) is 16.6 Å². The number of carbonyl (C=O) groups is 1. The van der Waals surface area contributed by atoms with Crippen molar-refractivity contribution in [1.82, 2.24) is 5.01 Å². The Hall–Kier alpha value is -3.12. The minimum absolute atomic E-state index is 0.0779. The van der Waals surface area contributed by atoms with Crippen molar-refractivity contribution < 1.29 is 9.53 Å². The molecule has 3 aliphatic heterocycles. The Labute approximate surface area is 176 Å². The van der Waals surface area contributed by atoms with Crippen LogP contribution in [0.3, 0.4) is 0 Å². The van der Waals surface area contributed by atoms with Crippen molar-refractivity contribution in [3.05, 3.63) is 94.0 Å². The van der Waals surface area contributed by atoms with Crippen LogP contribution in [0.2, 0.25) is 0 Å². The number of hydrazone groups is 1. The number of amides is 1. The Kier molecular flexibility index (Phi) is 3.44. The van der Waals surface area contributed by atoms with Crippen LogP contribution in [0.15, 0.2) is 82.4 Å². The number of carbonyl (C=O) groups excluding carboxylic acids is 1. The minimum atomic E-state index is -1.32. The van der Waals surface area contributed by atoms with Crippen molar-refractivity contribution in [1.29, 1.82) is 0 Å². The topological polar surface area (TPSA) is 53.9 Å². The number of hydrogen-bond acceptors (Lipinski definition) is 4. The maximum atomic E-state index is 13.4. The fraction of sp³-hybridized carbons (Fsp3) is 0.130. The largest absolute Gasteiger partial charge is 0.453 e. The number of nitrogens with zero attached hydrogens (tertiary/aromatic N) is 2. The van der Waals surface area contributed by atoms with E-state index in [0.29, 0.717) is 6.42 Å². The highest BCUT2D eigenvalue weighted by Gasteiger charge is 2.60. The molecule has 1 amide bonds. The van der Waals surface area contributed by atoms with Crippen LogP contribution >= 0.6 is 15.9 Å². The summed E-state index contributed by atoms with van der Waals surface area (Å²) in [7, 11) is 0. The molecule has 3 heterocycles. The molecule has 0 fully saturated rings. The smallest absolute Gasteiger partial charge is 0.306 e. The first-order valence-electron chi connectivity index (χ1n) is 9.48. The zero-order chi connectivity index (χ0) is 19.6. The van der Waals surface area contributed by atoms with Crippen molar-refractivity contribution in [2.45, 2.75) is 18.2 Å². The van der Waals surface area contributed by atoms with Gasteiger partial charge in [-0.15, -0.1) is 0 Å². The standard InChI is InChI=1S/C23H16BrN3O2/c24-15-10-11-18-17(12-15)23(22(28)25-18)27-20(16-8-4-5-9-21(16)29-23)13-19(26-27)14-6-2-1-3-7-14/h1-12,20H,13H2,(H,25,28). The van der Waals surface area contributed by atoms with Crippen molar-refractivity contribution in [3.63, 3.8) is 0 Å². The normalized spacial score (nSPS) is 23.8. The van der Waals surface area contributed by atoms with Gasteiger partial charge in [0.2, 0.25) is 0 Å². The summed E-state index contributed by atoms with van der Waals surface area (Å²) < 4.78 is 7.34. The van der Waals surface area contributed by atoms with Gasteiger partial charge in [-0.3, -0.25) is 4.79 Å². The molecule has 2 atom stereocenters. The number of nitrogens with one attached hydrogen (secondary N) is 1. The number of anilines is 1. The summed E-state index contributed by atoms with van der Waals surface area (Å²) in [6, 6.07) is 23.7. The fourth-order valence-corrected chi connectivity index (χ4v) is 4.83. The van der Waals surface area contributed by atoms with Crippen molar-refractivity contribution in [3.8, 4) is 5.75 Å². The Morgan fingerprint density at radius 2 is 1.86 bits per heavy atom. The lowest BCUT2D eigenvalue weighted by molar-refractivity contribution is -0.161. The second-order valence-corrected chi connectivity index (χ2v) is 8.32. The SMILES string of the molecule is O=C1Nc2ccc(Br)cc2C12Oc1ccccc1C1CC(c3ccccc3)=NN12. The third-order valence-electron chi connectivity index (χ3n) is 5.78. The van der Waals surface area contributed by atoms with Crippen LogP contribution < -0.4 is 10.1 Å². The summed E-state index contributed by atoms with van der Waals surface area (Å²) in [5, 5.41) is 9.78. The van der Waals surface area contributed by atoms with E-state index < -0.39 is 5.72 Å². The lowest BCUT2D eigenvalue weighted by atomic mass is 9.92. The van der Waals surface area contributed by atoms with Gasteiger partial charge in [-0.2, -0.15) is 5.10 Å². The number of ether oxygens (including phenoxy) is 1. The minimum Gasteiger partial charge on any atom is -0.453 e. The quantitative estimate of drug-likeness (QED) is 0.585. The summed E-state index contributed by atoms with van der Waals surface area (Å²) in [6.07, 6.45) is 0.711. The predicted molar refractivity (Wildman–Crippen MR) is 114 cm³/mol. The molecular formula is C23H16BrN3O2. The highest BCUT2D eigenvalue weighted by Crippen LogP contribution is 2.54. The van der Waals surface area contributed by atoms with Crippen LogP contribution in [-0.2, 0) is 10.5 Å². The Bertz CT molecular complexity index is 1190. The predicted octanol–water partition coefficient (Wildman–Crippen LogP) is 4.80. The molecule has 5 nitrogen and oxygen atoms in total. The van der Waals surface area contributed by atoms with Gasteiger partial charge in [-0.1, -0.05) is 64.5 Å². The second kappa shape index (κ2) is 5.94. The van der Waals surface area contributed by atoms with E-state index >= 15 is 0 Å². The number of fused-ring (bicyclic) bond motifs is 6. The number of hydrogen-bond donors (Lipinski definition) is 1. The van der Waals surface area contributed by atoms with E-state index in [1.54, 1.807) is 0 Å². The third-order valence-corrected chi connectivity index (χ3v) is 6.27. The molecular weight excluding hydrogens is 430 g/mol. The molecule has 3 aliphatic rings. The Balaban J connectivity index is 1.59. The van der Waals surface area contributed by atoms with E-state index in [-0.39, 0.29) is 11.9 Å². The maximum Gasteiger partial charge on any atom is 0.306 e. The molecule has 0 saturated heterocycles. The van der Waals surface area contributed by atoms with E-state index in [1.807, 2.05) is 59.6 Å². The Morgan fingerprint density at radius 3 is 2.72 bits per heavy atom. The first kappa shape index (κ1) is 16.8. The molecule has 0 aliphatic carbocycles. The summed E-state index contributed by atoms with van der Waals surface area (Å²) in [6.45, 7) is 0. The molecule has 6 rings (SSSR count). The molecule has 142 valence electrons. The summed E-state index contributed by atoms with van der Waals surface area (Å²) in [5.41, 5.74) is 3.25. The molecule has 3 aromatic rings. The van der Waals surface area contributed by atoms with E-state index in [4.69, 9.17) is 9.84 Å². The first-order chi connectivity index (χ1) is 14.2. The lowest BCUT2D eigenvalue weighted by Gasteiger charge is -2.44. The van der Waals surface area contributed by atoms with Crippen LogP contribution in [0, 0.1) is 0 Å². The van der Waals surface area contributed by atoms with Crippen LogP contribution in [0.1, 0.15) is 29.2 Å². The molecule has 6 heteroatoms. The average Bonchev–Trinajstić information content (AvgIpc) is 3.31. The molecule has 1 N–H and O–H groups in total. The van der Waals surface area contributed by atoms with Crippen molar-refractivity contribution in [2.24, 2.45) is 5.10 Å². The van der Waals surface area contributed by atoms with E-state index in [2.05, 4.69) is 39.4 Å². The summed E-state index contributed by atoms with van der Waals surface area (Å²) in [4.78, 5) is 13.4. The van der Waals surface area contributed by atoms with Crippen molar-refractivity contribution in [2.75, 3.05) is 5.32 Å². The van der Waals surface area contributed by atoms with Gasteiger partial charge >= 0.3 is 5.72 Å². The van der Waals surface area contributed by atoms with Crippen LogP contribution in [0.25, 0.3) is 0 Å². The van der Waals surface area contributed by atoms with Gasteiger partial charge in [0, 0.05) is 16.5 Å². The monoisotopic (exact) mass is 445 g/mol. The summed E-state index contributed by atoms with van der Waals surface area (Å²) in [5.74, 6) is 0.504. The molecule has 0 radical (unpaired) electrons. The number of halogens is 1. The zero-order valence-corrected chi connectivity index (χ0v) is 16.9. The molecule has 3 aromatic carbocycles. The van der Waals surface area contributed by atoms with Crippen LogP contribution in [0.4, 0.5) is 5.69 Å². The van der Waals surface area contributed by atoms with E-state index in [0.717, 1.165) is 38.3 Å².